The number of aliphatic hydroxyl groups excluding tert-OH is 2. The molecule has 0 radical (unpaired) electrons. The van der Waals surface area contributed by atoms with E-state index in [-0.39, 0.29) is 32.0 Å². The molecule has 0 saturated carbocycles. The molecule has 0 spiro atoms. The van der Waals surface area contributed by atoms with E-state index in [1.807, 2.05) is 36.4 Å². The predicted octanol–water partition coefficient (Wildman–Crippen LogP) is 3.02. The van der Waals surface area contributed by atoms with Gasteiger partial charge in [-0.2, -0.15) is 0 Å². The molecule has 1 heterocycles. The first-order valence-corrected chi connectivity index (χ1v) is 13.7. The van der Waals surface area contributed by atoms with E-state index in [0.717, 1.165) is 41.5 Å². The van der Waals surface area contributed by atoms with E-state index in [9.17, 15) is 19.5 Å². The summed E-state index contributed by atoms with van der Waals surface area (Å²) in [6.45, 7) is 3.18. The maximum absolute atomic E-state index is 13.3. The molecule has 5 N–H and O–H groups in total. The van der Waals surface area contributed by atoms with E-state index in [1.165, 1.54) is 0 Å². The second-order valence-electron chi connectivity index (χ2n) is 9.63. The monoisotopic (exact) mass is 558 g/mol. The zero-order valence-corrected chi connectivity index (χ0v) is 23.2. The Kier molecular flexibility index (Phi) is 14.7. The molecule has 1 atom stereocenters. The van der Waals surface area contributed by atoms with Crippen molar-refractivity contribution in [3.63, 3.8) is 0 Å². The average molecular weight is 559 g/mol. The number of carbonyl (C=O) groups is 3. The molecule has 3 rings (SSSR count). The maximum atomic E-state index is 13.3. The number of hydrogen-bond donors (Lipinski definition) is 4. The molecule has 10 nitrogen and oxygen atoms in total. The normalized spacial score (nSPS) is 12.9. The summed E-state index contributed by atoms with van der Waals surface area (Å²) in [5.41, 5.74) is 9.04. The third-order valence-corrected chi connectivity index (χ3v) is 6.19. The Hall–Kier alpha value is -3.47. The van der Waals surface area contributed by atoms with Crippen LogP contribution in [0.4, 0.5) is 5.69 Å². The summed E-state index contributed by atoms with van der Waals surface area (Å²) in [7, 11) is 0. The predicted molar refractivity (Wildman–Crippen MR) is 152 cm³/mol. The highest BCUT2D eigenvalue weighted by molar-refractivity contribution is 5.94. The largest absolute Gasteiger partial charge is 0.493 e. The van der Waals surface area contributed by atoms with Gasteiger partial charge in [0.05, 0.1) is 24.9 Å². The zero-order chi connectivity index (χ0) is 29.3. The molecule has 0 aliphatic carbocycles. The summed E-state index contributed by atoms with van der Waals surface area (Å²) in [6.07, 6.45) is 4.30. The number of carboxylic acids is 1. The van der Waals surface area contributed by atoms with Crippen LogP contribution in [0, 0.1) is 0 Å². The van der Waals surface area contributed by atoms with Gasteiger partial charge in [0, 0.05) is 38.4 Å². The SMILES string of the molecule is CC(O)COc1ccc2c(c1)N(C(=O)CCCC=O)Cc1cc(OCCCO)ccc1CC2.NCCCC(=O)O. The van der Waals surface area contributed by atoms with Crippen LogP contribution in [0.3, 0.4) is 0 Å². The fourth-order valence-electron chi connectivity index (χ4n) is 4.12. The van der Waals surface area contributed by atoms with Crippen LogP contribution < -0.4 is 20.1 Å². The molecule has 1 aliphatic rings. The van der Waals surface area contributed by atoms with E-state index in [4.69, 9.17) is 25.4 Å². The van der Waals surface area contributed by atoms with Crippen molar-refractivity contribution in [3.05, 3.63) is 53.1 Å². The minimum absolute atomic E-state index is 0.0507. The molecule has 0 saturated heterocycles. The van der Waals surface area contributed by atoms with Crippen LogP contribution in [0.25, 0.3) is 0 Å². The number of amides is 1. The number of ether oxygens (including phenoxy) is 2. The highest BCUT2D eigenvalue weighted by Gasteiger charge is 2.24. The van der Waals surface area contributed by atoms with E-state index in [2.05, 4.69) is 0 Å². The summed E-state index contributed by atoms with van der Waals surface area (Å²) in [5.74, 6) is 0.489. The number of aliphatic carboxylic acids is 1. The van der Waals surface area contributed by atoms with E-state index < -0.39 is 12.1 Å². The fourth-order valence-corrected chi connectivity index (χ4v) is 4.12. The number of unbranched alkanes of at least 4 members (excludes halogenated alkanes) is 1. The minimum atomic E-state index is -0.773. The van der Waals surface area contributed by atoms with Crippen molar-refractivity contribution in [2.24, 2.45) is 5.73 Å². The van der Waals surface area contributed by atoms with Crippen molar-refractivity contribution < 1.29 is 39.2 Å². The third kappa shape index (κ3) is 11.3. The fraction of sp³-hybridized carbons (Fsp3) is 0.500. The Bertz CT molecular complexity index is 1090. The highest BCUT2D eigenvalue weighted by atomic mass is 16.5. The second-order valence-corrected chi connectivity index (χ2v) is 9.63. The van der Waals surface area contributed by atoms with Gasteiger partial charge in [0.1, 0.15) is 24.4 Å². The van der Waals surface area contributed by atoms with Gasteiger partial charge in [-0.15, -0.1) is 0 Å². The quantitative estimate of drug-likeness (QED) is 0.202. The van der Waals surface area contributed by atoms with Crippen LogP contribution in [-0.4, -0.2) is 66.0 Å². The number of aliphatic hydroxyl groups is 2. The van der Waals surface area contributed by atoms with Gasteiger partial charge in [0.2, 0.25) is 5.91 Å². The Balaban J connectivity index is 0.000000708. The van der Waals surface area contributed by atoms with Gasteiger partial charge in [0.25, 0.3) is 0 Å². The third-order valence-electron chi connectivity index (χ3n) is 6.19. The Morgan fingerprint density at radius 3 is 2.33 bits per heavy atom. The van der Waals surface area contributed by atoms with Crippen molar-refractivity contribution in [3.8, 4) is 11.5 Å². The molecule has 1 unspecified atom stereocenters. The molecule has 0 aromatic heterocycles. The summed E-state index contributed by atoms with van der Waals surface area (Å²) in [5, 5.41) is 26.6. The maximum Gasteiger partial charge on any atom is 0.303 e. The second kappa shape index (κ2) is 18.0. The van der Waals surface area contributed by atoms with Gasteiger partial charge in [-0.3, -0.25) is 9.59 Å². The van der Waals surface area contributed by atoms with Gasteiger partial charge >= 0.3 is 5.97 Å². The lowest BCUT2D eigenvalue weighted by Crippen LogP contribution is -2.32. The van der Waals surface area contributed by atoms with Crippen LogP contribution in [0.2, 0.25) is 0 Å². The first-order chi connectivity index (χ1) is 19.3. The topological polar surface area (TPSA) is 160 Å². The number of hydrogen-bond acceptors (Lipinski definition) is 8. The standard InChI is InChI=1S/C26H33NO6.C4H9NO2/c1-19(30)18-33-24-11-9-21-7-6-20-8-10-23(32-14-4-13-29)15-22(20)17-27(25(21)16-24)26(31)5-2-3-12-28;5-3-1-2-4(6)7/h8-12,15-16,19,29-30H,2-7,13-14,17-18H2,1H3;1-3,5H2,(H,6,7). The zero-order valence-electron chi connectivity index (χ0n) is 23.2. The number of nitrogens with zero attached hydrogens (tertiary/aromatic N) is 1. The van der Waals surface area contributed by atoms with Gasteiger partial charge in [-0.1, -0.05) is 12.1 Å². The number of aryl methyl sites for hydroxylation is 2. The molecular weight excluding hydrogens is 516 g/mol. The van der Waals surface area contributed by atoms with E-state index in [0.29, 0.717) is 56.9 Å². The Morgan fingerprint density at radius 1 is 1.00 bits per heavy atom. The van der Waals surface area contributed by atoms with Crippen LogP contribution >= 0.6 is 0 Å². The molecule has 2 aromatic rings. The van der Waals surface area contributed by atoms with Crippen LogP contribution in [0.1, 0.15) is 62.1 Å². The molecular formula is C30H42N2O8. The van der Waals surface area contributed by atoms with Crippen molar-refractivity contribution in [2.75, 3.05) is 31.3 Å². The van der Waals surface area contributed by atoms with Crippen molar-refractivity contribution >= 4 is 23.9 Å². The van der Waals surface area contributed by atoms with Gasteiger partial charge in [-0.05, 0) is 74.0 Å². The van der Waals surface area contributed by atoms with Gasteiger partial charge < -0.3 is 40.2 Å². The number of nitrogens with two attached hydrogens (primary N) is 1. The molecule has 1 aliphatic heterocycles. The molecule has 10 heteroatoms. The lowest BCUT2D eigenvalue weighted by Gasteiger charge is -2.29. The number of aldehydes is 1. The number of fused-ring (bicyclic) bond motifs is 2. The summed E-state index contributed by atoms with van der Waals surface area (Å²) < 4.78 is 11.5. The average Bonchev–Trinajstić information content (AvgIpc) is 2.92. The lowest BCUT2D eigenvalue weighted by molar-refractivity contribution is -0.137. The number of anilines is 1. The molecule has 40 heavy (non-hydrogen) atoms. The van der Waals surface area contributed by atoms with E-state index in [1.54, 1.807) is 11.8 Å². The number of carbonyl (C=O) groups excluding carboxylic acids is 2. The molecule has 220 valence electrons. The van der Waals surface area contributed by atoms with Crippen LogP contribution in [0.15, 0.2) is 36.4 Å². The van der Waals surface area contributed by atoms with Gasteiger partial charge in [0.15, 0.2) is 0 Å². The van der Waals surface area contributed by atoms with Crippen molar-refractivity contribution in [2.45, 2.75) is 70.9 Å². The summed E-state index contributed by atoms with van der Waals surface area (Å²) in [6, 6.07) is 11.7. The number of rotatable bonds is 14. The summed E-state index contributed by atoms with van der Waals surface area (Å²) in [4.78, 5) is 35.5. The first-order valence-electron chi connectivity index (χ1n) is 13.7. The molecule has 0 bridgehead atoms. The van der Waals surface area contributed by atoms with Crippen molar-refractivity contribution in [1.29, 1.82) is 0 Å². The molecule has 0 fully saturated rings. The molecule has 2 aromatic carbocycles. The van der Waals surface area contributed by atoms with E-state index >= 15 is 0 Å². The number of benzene rings is 2. The minimum Gasteiger partial charge on any atom is -0.493 e. The first kappa shape index (κ1) is 32.7. The smallest absolute Gasteiger partial charge is 0.303 e. The van der Waals surface area contributed by atoms with Gasteiger partial charge in [-0.25, -0.2) is 0 Å². The highest BCUT2D eigenvalue weighted by Crippen LogP contribution is 2.33. The van der Waals surface area contributed by atoms with Crippen LogP contribution in [-0.2, 0) is 33.8 Å². The van der Waals surface area contributed by atoms with Crippen LogP contribution in [0.5, 0.6) is 11.5 Å². The Labute approximate surface area is 235 Å². The molecule has 1 amide bonds. The summed E-state index contributed by atoms with van der Waals surface area (Å²) >= 11 is 0. The lowest BCUT2D eigenvalue weighted by atomic mass is 9.94. The number of carboxylic acid groups (broad SMARTS) is 1. The van der Waals surface area contributed by atoms with Crippen molar-refractivity contribution in [1.82, 2.24) is 0 Å². The Morgan fingerprint density at radius 2 is 1.70 bits per heavy atom.